The Hall–Kier alpha value is -1.99. The molecular weight excluding hydrogens is 432 g/mol. The van der Waals surface area contributed by atoms with Crippen LogP contribution in [0.15, 0.2) is 61.3 Å². The van der Waals surface area contributed by atoms with Crippen LogP contribution in [-0.2, 0) is 29.3 Å². The van der Waals surface area contributed by atoms with Crippen molar-refractivity contribution in [1.82, 2.24) is 4.98 Å². The van der Waals surface area contributed by atoms with Crippen LogP contribution >= 0.6 is 15.0 Å². The average Bonchev–Trinajstić information content (AvgIpc) is 2.67. The average molecular weight is 455 g/mol. The number of hydrogen-bond donors (Lipinski definition) is 2. The van der Waals surface area contributed by atoms with E-state index in [9.17, 15) is 19.1 Å². The van der Waals surface area contributed by atoms with Crippen LogP contribution in [0.1, 0.15) is 24.3 Å². The Bertz CT molecular complexity index is 969. The molecular formula is C19H23NO8P2. The number of aliphatic hydroxyl groups is 1. The molecule has 1 fully saturated rings. The lowest BCUT2D eigenvalue weighted by Crippen LogP contribution is -2.37. The maximum absolute atomic E-state index is 13.2. The van der Waals surface area contributed by atoms with E-state index in [1.807, 2.05) is 0 Å². The summed E-state index contributed by atoms with van der Waals surface area (Å²) in [5.41, 5.74) is 0.738. The molecule has 162 valence electrons. The van der Waals surface area contributed by atoms with Crippen molar-refractivity contribution in [2.24, 2.45) is 0 Å². The summed E-state index contributed by atoms with van der Waals surface area (Å²) in [7, 11) is -8.82. The van der Waals surface area contributed by atoms with Crippen LogP contribution in [-0.4, -0.2) is 33.3 Å². The van der Waals surface area contributed by atoms with E-state index in [0.29, 0.717) is 23.5 Å². The third kappa shape index (κ3) is 4.52. The van der Waals surface area contributed by atoms with Crippen LogP contribution < -0.4 is 4.74 Å². The molecule has 1 aliphatic heterocycles. The van der Waals surface area contributed by atoms with Crippen LogP contribution in [0.5, 0.6) is 5.75 Å². The van der Waals surface area contributed by atoms with Crippen molar-refractivity contribution in [3.63, 3.8) is 0 Å². The molecule has 1 aromatic carbocycles. The number of ether oxygens (including phenoxy) is 2. The maximum atomic E-state index is 13.2. The highest BCUT2D eigenvalue weighted by atomic mass is 31.2. The Kier molecular flexibility index (Phi) is 6.53. The Morgan fingerprint density at radius 1 is 1.27 bits per heavy atom. The molecule has 9 nitrogen and oxygen atoms in total. The highest BCUT2D eigenvalue weighted by molar-refractivity contribution is 7.75. The van der Waals surface area contributed by atoms with Crippen molar-refractivity contribution in [3.8, 4) is 5.75 Å². The van der Waals surface area contributed by atoms with E-state index >= 15 is 0 Å². The molecule has 1 aliphatic rings. The van der Waals surface area contributed by atoms with Gasteiger partial charge in [0, 0.05) is 31.0 Å². The molecule has 30 heavy (non-hydrogen) atoms. The number of rotatable bonds is 7. The second kappa shape index (κ2) is 8.63. The third-order valence-electron chi connectivity index (χ3n) is 4.49. The molecule has 4 atom stereocenters. The summed E-state index contributed by atoms with van der Waals surface area (Å²) in [6, 6.07) is 9.32. The molecule has 0 spiro atoms. The second-order valence-electron chi connectivity index (χ2n) is 6.70. The minimum Gasteiger partial charge on any atom is -0.466 e. The van der Waals surface area contributed by atoms with E-state index in [-0.39, 0.29) is 5.95 Å². The quantitative estimate of drug-likeness (QED) is 0.471. The molecule has 2 N–H and O–H groups in total. The molecule has 2 heterocycles. The van der Waals surface area contributed by atoms with Crippen molar-refractivity contribution in [2.75, 3.05) is 13.3 Å². The number of aromatic nitrogens is 1. The van der Waals surface area contributed by atoms with Crippen molar-refractivity contribution >= 4 is 15.0 Å². The van der Waals surface area contributed by atoms with Gasteiger partial charge in [-0.3, -0.25) is 23.2 Å². The van der Waals surface area contributed by atoms with Gasteiger partial charge in [0.1, 0.15) is 5.75 Å². The van der Waals surface area contributed by atoms with Crippen molar-refractivity contribution in [1.29, 1.82) is 0 Å². The van der Waals surface area contributed by atoms with Crippen LogP contribution in [0, 0.1) is 0 Å². The van der Waals surface area contributed by atoms with E-state index in [2.05, 4.69) is 11.6 Å². The van der Waals surface area contributed by atoms with Gasteiger partial charge in [-0.15, -0.1) is 0 Å². The normalized spacial score (nSPS) is 31.1. The van der Waals surface area contributed by atoms with Crippen molar-refractivity contribution in [2.45, 2.75) is 24.7 Å². The predicted octanol–water partition coefficient (Wildman–Crippen LogP) is 4.00. The fourth-order valence-electron chi connectivity index (χ4n) is 2.89. The van der Waals surface area contributed by atoms with Gasteiger partial charge in [-0.25, -0.2) is 0 Å². The molecule has 0 bridgehead atoms. The first kappa shape index (κ1) is 22.7. The maximum Gasteiger partial charge on any atom is 0.372 e. The van der Waals surface area contributed by atoms with Crippen molar-refractivity contribution in [3.05, 3.63) is 72.4 Å². The van der Waals surface area contributed by atoms with Gasteiger partial charge in [0.2, 0.25) is 12.5 Å². The number of benzene rings is 1. The fourth-order valence-corrected chi connectivity index (χ4v) is 7.22. The summed E-state index contributed by atoms with van der Waals surface area (Å²) >= 11 is 0. The summed E-state index contributed by atoms with van der Waals surface area (Å²) in [6.45, 7) is 6.92. The molecule has 11 heteroatoms. The van der Waals surface area contributed by atoms with E-state index in [1.54, 1.807) is 31.2 Å². The molecule has 0 aliphatic carbocycles. The Balaban J connectivity index is 1.82. The summed E-state index contributed by atoms with van der Waals surface area (Å²) < 4.78 is 47.3. The van der Waals surface area contributed by atoms with Crippen molar-refractivity contribution < 1.29 is 37.7 Å². The highest BCUT2D eigenvalue weighted by Crippen LogP contribution is 2.79. The van der Waals surface area contributed by atoms with E-state index in [0.717, 1.165) is 6.66 Å². The van der Waals surface area contributed by atoms with Crippen LogP contribution in [0.2, 0.25) is 0 Å². The van der Waals surface area contributed by atoms with E-state index in [4.69, 9.17) is 18.5 Å². The van der Waals surface area contributed by atoms with Gasteiger partial charge in [-0.05, 0) is 37.3 Å². The van der Waals surface area contributed by atoms with E-state index < -0.39 is 32.8 Å². The summed E-state index contributed by atoms with van der Waals surface area (Å²) in [5.74, 6) is 0.529. The van der Waals surface area contributed by atoms with Gasteiger partial charge >= 0.3 is 7.60 Å². The van der Waals surface area contributed by atoms with Gasteiger partial charge < -0.3 is 19.5 Å². The standard InChI is InChI=1S/C19H23NO8P2/c1-4-25-14(2)26-17-9-7-16(8-10-17)18-27-29(3,22)19(21,30(23,24)28-18)12-15-6-5-11-20-13-15/h5-11,13,18,21H,2,4,12H2,1,3H3,(H,23,24). The molecule has 0 saturated carbocycles. The van der Waals surface area contributed by atoms with Gasteiger partial charge in [0.25, 0.3) is 5.95 Å². The first-order valence-electron chi connectivity index (χ1n) is 9.06. The minimum atomic E-state index is -4.79. The first-order chi connectivity index (χ1) is 14.1. The molecule has 0 radical (unpaired) electrons. The summed E-state index contributed by atoms with van der Waals surface area (Å²) in [5, 5.41) is 8.34. The lowest BCUT2D eigenvalue weighted by Gasteiger charge is -2.43. The Morgan fingerprint density at radius 3 is 2.53 bits per heavy atom. The van der Waals surface area contributed by atoms with Gasteiger partial charge in [0.15, 0.2) is 6.29 Å². The minimum absolute atomic E-state index is 0.119. The largest absolute Gasteiger partial charge is 0.466 e. The second-order valence-corrected chi connectivity index (χ2v) is 11.7. The Labute approximate surface area is 174 Å². The Morgan fingerprint density at radius 2 is 1.97 bits per heavy atom. The molecule has 1 aromatic heterocycles. The zero-order valence-electron chi connectivity index (χ0n) is 16.5. The first-order valence-corrected chi connectivity index (χ1v) is 12.7. The smallest absolute Gasteiger partial charge is 0.372 e. The molecule has 1 saturated heterocycles. The monoisotopic (exact) mass is 455 g/mol. The number of hydrogen-bond acceptors (Lipinski definition) is 8. The SMILES string of the molecule is C=C(OCC)Oc1ccc(C2OP(C)(=O)C(O)(Cc3cccnc3)P(=O)(O)O2)cc1. The summed E-state index contributed by atoms with van der Waals surface area (Å²) in [6.07, 6.45) is 1.09. The van der Waals surface area contributed by atoms with Crippen LogP contribution in [0.25, 0.3) is 0 Å². The summed E-state index contributed by atoms with van der Waals surface area (Å²) in [4.78, 5) is 14.4. The number of nitrogens with zero attached hydrogens (tertiary/aromatic N) is 1. The van der Waals surface area contributed by atoms with Crippen LogP contribution in [0.3, 0.4) is 0 Å². The third-order valence-corrected chi connectivity index (χ3v) is 9.93. The van der Waals surface area contributed by atoms with E-state index in [1.165, 1.54) is 24.5 Å². The zero-order valence-corrected chi connectivity index (χ0v) is 18.3. The highest BCUT2D eigenvalue weighted by Gasteiger charge is 2.64. The molecule has 4 unspecified atom stereocenters. The van der Waals surface area contributed by atoms with Gasteiger partial charge in [-0.2, -0.15) is 0 Å². The van der Waals surface area contributed by atoms with Gasteiger partial charge in [0.05, 0.1) is 6.61 Å². The zero-order chi connectivity index (χ0) is 22.0. The molecule has 3 rings (SSSR count). The fraction of sp³-hybridized carbons (Fsp3) is 0.316. The molecule has 0 amide bonds. The lowest BCUT2D eigenvalue weighted by atomic mass is 10.2. The molecule has 2 aromatic rings. The predicted molar refractivity (Wildman–Crippen MR) is 109 cm³/mol. The lowest BCUT2D eigenvalue weighted by molar-refractivity contribution is -0.0439. The topological polar surface area (TPSA) is 124 Å². The van der Waals surface area contributed by atoms with Gasteiger partial charge in [-0.1, -0.05) is 18.2 Å². The van der Waals surface area contributed by atoms with Crippen LogP contribution in [0.4, 0.5) is 0 Å². The number of pyridine rings is 1.